The molecule has 1 saturated heterocycles. The van der Waals surface area contributed by atoms with Gasteiger partial charge in [0.05, 0.1) is 12.5 Å². The predicted octanol–water partition coefficient (Wildman–Crippen LogP) is 3.72. The summed E-state index contributed by atoms with van der Waals surface area (Å²) in [5, 5.41) is 7.37. The zero-order valence-electron chi connectivity index (χ0n) is 18.8. The van der Waals surface area contributed by atoms with Crippen LogP contribution in [0.25, 0.3) is 0 Å². The molecule has 2 amide bonds. The Kier molecular flexibility index (Phi) is 6.69. The molecule has 32 heavy (non-hydrogen) atoms. The number of nitrogens with zero attached hydrogens (tertiary/aromatic N) is 3. The highest BCUT2D eigenvalue weighted by atomic mass is 16.2. The van der Waals surface area contributed by atoms with Gasteiger partial charge in [-0.1, -0.05) is 41.5 Å². The predicted molar refractivity (Wildman–Crippen MR) is 124 cm³/mol. The van der Waals surface area contributed by atoms with E-state index in [0.29, 0.717) is 31.7 Å². The molecule has 1 aromatic heterocycles. The molecule has 0 aliphatic carbocycles. The summed E-state index contributed by atoms with van der Waals surface area (Å²) in [6.45, 7) is 6.30. The van der Waals surface area contributed by atoms with Gasteiger partial charge in [-0.05, 0) is 56.0 Å². The van der Waals surface area contributed by atoms with Crippen LogP contribution in [-0.4, -0.2) is 39.6 Å². The van der Waals surface area contributed by atoms with Crippen molar-refractivity contribution in [1.82, 2.24) is 20.0 Å². The quantitative estimate of drug-likeness (QED) is 0.648. The van der Waals surface area contributed by atoms with Crippen molar-refractivity contribution in [3.8, 4) is 0 Å². The van der Waals surface area contributed by atoms with Gasteiger partial charge in [-0.2, -0.15) is 5.10 Å². The van der Waals surface area contributed by atoms with E-state index in [-0.39, 0.29) is 17.7 Å². The van der Waals surface area contributed by atoms with Crippen LogP contribution >= 0.6 is 0 Å². The number of carbonyl (C=O) groups excluding carboxylic acids is 2. The zero-order chi connectivity index (χ0) is 22.5. The van der Waals surface area contributed by atoms with Crippen LogP contribution in [0.5, 0.6) is 0 Å². The highest BCUT2D eigenvalue weighted by Crippen LogP contribution is 2.20. The fourth-order valence-corrected chi connectivity index (χ4v) is 4.44. The molecule has 2 aromatic carbocycles. The maximum atomic E-state index is 13.0. The molecule has 166 valence electrons. The zero-order valence-corrected chi connectivity index (χ0v) is 18.8. The number of nitrogens with one attached hydrogen (secondary N) is 1. The first kappa shape index (κ1) is 21.8. The number of aryl methyl sites for hydroxylation is 2. The second kappa shape index (κ2) is 9.81. The lowest BCUT2D eigenvalue weighted by molar-refractivity contribution is -0.126. The third kappa shape index (κ3) is 5.25. The summed E-state index contributed by atoms with van der Waals surface area (Å²) in [5.74, 6) is -0.160. The molecular weight excluding hydrogens is 400 g/mol. The van der Waals surface area contributed by atoms with Gasteiger partial charge in [-0.15, -0.1) is 0 Å². The van der Waals surface area contributed by atoms with Crippen LogP contribution in [0.15, 0.2) is 60.9 Å². The van der Waals surface area contributed by atoms with Crippen molar-refractivity contribution < 1.29 is 9.59 Å². The van der Waals surface area contributed by atoms with Crippen LogP contribution in [0.2, 0.25) is 0 Å². The van der Waals surface area contributed by atoms with E-state index in [0.717, 1.165) is 35.1 Å². The van der Waals surface area contributed by atoms with Crippen LogP contribution in [0, 0.1) is 19.8 Å². The fourth-order valence-electron chi connectivity index (χ4n) is 4.44. The first-order chi connectivity index (χ1) is 15.5. The van der Waals surface area contributed by atoms with Crippen molar-refractivity contribution in [3.05, 3.63) is 88.7 Å². The molecule has 6 nitrogen and oxygen atoms in total. The van der Waals surface area contributed by atoms with Crippen molar-refractivity contribution in [2.24, 2.45) is 5.92 Å². The van der Waals surface area contributed by atoms with Crippen molar-refractivity contribution in [2.45, 2.75) is 39.8 Å². The van der Waals surface area contributed by atoms with E-state index in [1.807, 2.05) is 66.0 Å². The summed E-state index contributed by atoms with van der Waals surface area (Å²) >= 11 is 0. The minimum absolute atomic E-state index is 0.0109. The molecule has 4 rings (SSSR count). The maximum absolute atomic E-state index is 13.0. The van der Waals surface area contributed by atoms with Crippen LogP contribution < -0.4 is 5.32 Å². The third-order valence-corrected chi connectivity index (χ3v) is 6.01. The largest absolute Gasteiger partial charge is 0.352 e. The van der Waals surface area contributed by atoms with Gasteiger partial charge in [0, 0.05) is 37.6 Å². The lowest BCUT2D eigenvalue weighted by Crippen LogP contribution is -2.45. The molecule has 0 spiro atoms. The number of rotatable bonds is 6. The fraction of sp³-hybridized carbons (Fsp3) is 0.346. The molecule has 0 radical (unpaired) electrons. The molecule has 1 N–H and O–H groups in total. The molecule has 1 aliphatic heterocycles. The summed E-state index contributed by atoms with van der Waals surface area (Å²) in [4.78, 5) is 27.8. The topological polar surface area (TPSA) is 67.2 Å². The number of aromatic nitrogens is 2. The Morgan fingerprint density at radius 3 is 2.53 bits per heavy atom. The summed E-state index contributed by atoms with van der Waals surface area (Å²) in [7, 11) is 0. The first-order valence-corrected chi connectivity index (χ1v) is 11.2. The number of benzene rings is 2. The molecular formula is C26H30N4O2. The van der Waals surface area contributed by atoms with Gasteiger partial charge in [0.2, 0.25) is 5.91 Å². The summed E-state index contributed by atoms with van der Waals surface area (Å²) in [5.41, 5.74) is 5.07. The smallest absolute Gasteiger partial charge is 0.253 e. The molecule has 1 fully saturated rings. The highest BCUT2D eigenvalue weighted by Gasteiger charge is 2.29. The lowest BCUT2D eigenvalue weighted by Gasteiger charge is -2.32. The molecule has 1 unspecified atom stereocenters. The Hall–Kier alpha value is -3.41. The molecule has 3 aromatic rings. The molecule has 1 atom stereocenters. The Bertz CT molecular complexity index is 1070. The van der Waals surface area contributed by atoms with E-state index in [1.165, 1.54) is 0 Å². The van der Waals surface area contributed by atoms with Crippen LogP contribution in [-0.2, 0) is 17.9 Å². The van der Waals surface area contributed by atoms with Crippen LogP contribution in [0.1, 0.15) is 45.5 Å². The monoisotopic (exact) mass is 430 g/mol. The Morgan fingerprint density at radius 1 is 1.06 bits per heavy atom. The Labute approximate surface area is 189 Å². The van der Waals surface area contributed by atoms with E-state index in [2.05, 4.69) is 22.5 Å². The second-order valence-electron chi connectivity index (χ2n) is 8.66. The standard InChI is InChI=1S/C26H30N4O2/c1-19-13-20(2)15-24(14-19)26(32)29-11-5-9-23(17-29)25(31)27-16-21-7-3-4-8-22(21)18-30-12-6-10-28-30/h3-4,6-8,10,12-15,23H,5,9,11,16-18H2,1-2H3,(H,27,31). The Balaban J connectivity index is 1.37. The summed E-state index contributed by atoms with van der Waals surface area (Å²) < 4.78 is 1.87. The van der Waals surface area contributed by atoms with E-state index < -0.39 is 0 Å². The molecule has 2 heterocycles. The SMILES string of the molecule is Cc1cc(C)cc(C(=O)N2CCCC(C(=O)NCc3ccccc3Cn3cccn3)C2)c1. The third-order valence-electron chi connectivity index (χ3n) is 6.01. The van der Waals surface area contributed by atoms with Crippen molar-refractivity contribution in [2.75, 3.05) is 13.1 Å². The van der Waals surface area contributed by atoms with Gasteiger partial charge >= 0.3 is 0 Å². The molecule has 0 bridgehead atoms. The number of carbonyl (C=O) groups is 2. The number of hydrogen-bond donors (Lipinski definition) is 1. The van der Waals surface area contributed by atoms with Gasteiger partial charge in [-0.25, -0.2) is 0 Å². The average molecular weight is 431 g/mol. The van der Waals surface area contributed by atoms with Gasteiger partial charge in [0.1, 0.15) is 0 Å². The van der Waals surface area contributed by atoms with Crippen LogP contribution in [0.4, 0.5) is 0 Å². The number of likely N-dealkylation sites (tertiary alicyclic amines) is 1. The minimum atomic E-state index is -0.183. The normalized spacial score (nSPS) is 16.1. The van der Waals surface area contributed by atoms with Gasteiger partial charge in [-0.3, -0.25) is 14.3 Å². The number of amides is 2. The van der Waals surface area contributed by atoms with Crippen molar-refractivity contribution in [1.29, 1.82) is 0 Å². The summed E-state index contributed by atoms with van der Waals surface area (Å²) in [6, 6.07) is 15.9. The van der Waals surface area contributed by atoms with E-state index in [4.69, 9.17) is 0 Å². The lowest BCUT2D eigenvalue weighted by atomic mass is 9.96. The van der Waals surface area contributed by atoms with Crippen molar-refractivity contribution >= 4 is 11.8 Å². The van der Waals surface area contributed by atoms with Crippen LogP contribution in [0.3, 0.4) is 0 Å². The number of piperidine rings is 1. The second-order valence-corrected chi connectivity index (χ2v) is 8.66. The van der Waals surface area contributed by atoms with E-state index in [1.54, 1.807) is 6.20 Å². The minimum Gasteiger partial charge on any atom is -0.352 e. The van der Waals surface area contributed by atoms with E-state index >= 15 is 0 Å². The van der Waals surface area contributed by atoms with E-state index in [9.17, 15) is 9.59 Å². The summed E-state index contributed by atoms with van der Waals surface area (Å²) in [6.07, 6.45) is 5.33. The maximum Gasteiger partial charge on any atom is 0.253 e. The average Bonchev–Trinajstić information content (AvgIpc) is 3.30. The van der Waals surface area contributed by atoms with Gasteiger partial charge in [0.25, 0.3) is 5.91 Å². The molecule has 6 heteroatoms. The number of hydrogen-bond acceptors (Lipinski definition) is 3. The molecule has 1 aliphatic rings. The molecule has 0 saturated carbocycles. The van der Waals surface area contributed by atoms with Gasteiger partial charge < -0.3 is 10.2 Å². The highest BCUT2D eigenvalue weighted by molar-refractivity contribution is 5.95. The Morgan fingerprint density at radius 2 is 1.81 bits per heavy atom. The first-order valence-electron chi connectivity index (χ1n) is 11.2. The van der Waals surface area contributed by atoms with Gasteiger partial charge in [0.15, 0.2) is 0 Å². The van der Waals surface area contributed by atoms with Crippen molar-refractivity contribution in [3.63, 3.8) is 0 Å².